The Balaban J connectivity index is 1.56. The number of amides is 1. The summed E-state index contributed by atoms with van der Waals surface area (Å²) in [5.74, 6) is -0.298. The molecule has 6 nitrogen and oxygen atoms in total. The van der Waals surface area contributed by atoms with Gasteiger partial charge in [-0.25, -0.2) is 4.79 Å². The topological polar surface area (TPSA) is 63.6 Å². The van der Waals surface area contributed by atoms with Gasteiger partial charge in [-0.3, -0.25) is 9.69 Å². The van der Waals surface area contributed by atoms with Crippen molar-refractivity contribution < 1.29 is 14.3 Å². The Morgan fingerprint density at radius 3 is 2.46 bits per heavy atom. The fourth-order valence-corrected chi connectivity index (χ4v) is 3.78. The lowest BCUT2D eigenvalue weighted by Crippen LogP contribution is -2.46. The largest absolute Gasteiger partial charge is 0.464 e. The summed E-state index contributed by atoms with van der Waals surface area (Å²) in [5.41, 5.74) is 2.67. The van der Waals surface area contributed by atoms with Gasteiger partial charge in [0.25, 0.3) is 0 Å². The number of carbonyl (C=O) groups excluding carboxylic acids is 2. The third-order valence-corrected chi connectivity index (χ3v) is 5.62. The fraction of sp³-hybridized carbons (Fsp3) is 0.455. The summed E-state index contributed by atoms with van der Waals surface area (Å²) in [4.78, 5) is 26.7. The highest BCUT2D eigenvalue weighted by Crippen LogP contribution is 2.26. The summed E-state index contributed by atoms with van der Waals surface area (Å²) in [5, 5.41) is 3.01. The molecule has 150 valence electrons. The van der Waals surface area contributed by atoms with Crippen LogP contribution in [0.2, 0.25) is 0 Å². The van der Waals surface area contributed by atoms with E-state index < -0.39 is 0 Å². The Labute approximate surface area is 166 Å². The van der Waals surface area contributed by atoms with E-state index in [-0.39, 0.29) is 24.0 Å². The molecule has 1 N–H and O–H groups in total. The molecule has 1 unspecified atom stereocenters. The van der Waals surface area contributed by atoms with Gasteiger partial charge >= 0.3 is 5.97 Å². The number of likely N-dealkylation sites (tertiary alicyclic amines) is 1. The molecule has 0 spiro atoms. The van der Waals surface area contributed by atoms with Crippen LogP contribution in [0.1, 0.15) is 48.8 Å². The van der Waals surface area contributed by atoms with E-state index in [0.717, 1.165) is 38.0 Å². The summed E-state index contributed by atoms with van der Waals surface area (Å²) < 4.78 is 6.87. The number of carbonyl (C=O) groups is 2. The number of hydrogen-bond donors (Lipinski definition) is 1. The van der Waals surface area contributed by atoms with Crippen molar-refractivity contribution in [3.8, 4) is 0 Å². The molecule has 1 atom stereocenters. The van der Waals surface area contributed by atoms with Crippen molar-refractivity contribution in [2.45, 2.75) is 45.2 Å². The van der Waals surface area contributed by atoms with Crippen molar-refractivity contribution in [1.29, 1.82) is 0 Å². The van der Waals surface area contributed by atoms with Crippen molar-refractivity contribution in [2.75, 3.05) is 25.5 Å². The van der Waals surface area contributed by atoms with Crippen LogP contribution >= 0.6 is 0 Å². The van der Waals surface area contributed by atoms with E-state index in [1.165, 1.54) is 12.7 Å². The van der Waals surface area contributed by atoms with Crippen molar-refractivity contribution in [2.24, 2.45) is 0 Å². The number of hydrogen-bond acceptors (Lipinski definition) is 4. The van der Waals surface area contributed by atoms with Crippen molar-refractivity contribution in [1.82, 2.24) is 9.47 Å². The molecule has 1 aliphatic heterocycles. The van der Waals surface area contributed by atoms with Crippen LogP contribution in [0.3, 0.4) is 0 Å². The van der Waals surface area contributed by atoms with Crippen LogP contribution in [0.4, 0.5) is 5.69 Å². The normalized spacial score (nSPS) is 16.5. The number of nitrogens with one attached hydrogen (secondary N) is 1. The standard InChI is InChI=1S/C22H29N3O3/c1-4-17-7-9-18(10-8-17)23-21(26)16(2)24-14-11-19(12-15-24)25-13-5-6-20(25)22(27)28-3/h5-10,13,16,19H,4,11-12,14-15H2,1-3H3,(H,23,26). The summed E-state index contributed by atoms with van der Waals surface area (Å²) in [6, 6.07) is 11.7. The van der Waals surface area contributed by atoms with Crippen molar-refractivity contribution in [3.05, 3.63) is 53.9 Å². The molecular weight excluding hydrogens is 354 g/mol. The molecular formula is C22H29N3O3. The molecule has 2 heterocycles. The number of rotatable bonds is 6. The highest BCUT2D eigenvalue weighted by Gasteiger charge is 2.28. The lowest BCUT2D eigenvalue weighted by atomic mass is 10.0. The number of aryl methyl sites for hydroxylation is 1. The molecule has 28 heavy (non-hydrogen) atoms. The SMILES string of the molecule is CCc1ccc(NC(=O)C(C)N2CCC(n3cccc3C(=O)OC)CC2)cc1. The van der Waals surface area contributed by atoms with Gasteiger partial charge in [-0.2, -0.15) is 0 Å². The fourth-order valence-electron chi connectivity index (χ4n) is 3.78. The first-order chi connectivity index (χ1) is 13.5. The molecule has 2 aromatic rings. The second-order valence-corrected chi connectivity index (χ2v) is 7.28. The van der Waals surface area contributed by atoms with Gasteiger partial charge in [-0.1, -0.05) is 19.1 Å². The number of anilines is 1. The molecule has 1 fully saturated rings. The van der Waals surface area contributed by atoms with E-state index >= 15 is 0 Å². The van der Waals surface area contributed by atoms with Crippen LogP contribution in [0.25, 0.3) is 0 Å². The minimum atomic E-state index is -0.311. The predicted octanol–water partition coefficient (Wildman–Crippen LogP) is 3.50. The number of esters is 1. The van der Waals surface area contributed by atoms with Gasteiger partial charge in [0.05, 0.1) is 13.2 Å². The molecule has 1 aromatic heterocycles. The summed E-state index contributed by atoms with van der Waals surface area (Å²) >= 11 is 0. The first-order valence-corrected chi connectivity index (χ1v) is 9.92. The number of aromatic nitrogens is 1. The molecule has 0 bridgehead atoms. The van der Waals surface area contributed by atoms with Gasteiger partial charge in [0, 0.05) is 31.0 Å². The first kappa shape index (κ1) is 20.1. The quantitative estimate of drug-likeness (QED) is 0.776. The zero-order chi connectivity index (χ0) is 20.1. The van der Waals surface area contributed by atoms with Crippen LogP contribution in [-0.2, 0) is 16.0 Å². The van der Waals surface area contributed by atoms with Crippen LogP contribution in [0.5, 0.6) is 0 Å². The molecule has 1 saturated heterocycles. The van der Waals surface area contributed by atoms with Gasteiger partial charge in [-0.05, 0) is 56.0 Å². The number of nitrogens with zero attached hydrogens (tertiary/aromatic N) is 2. The van der Waals surface area contributed by atoms with Gasteiger partial charge in [0.2, 0.25) is 5.91 Å². The summed E-state index contributed by atoms with van der Waals surface area (Å²) in [7, 11) is 1.40. The number of benzene rings is 1. The number of piperidine rings is 1. The van der Waals surface area contributed by atoms with E-state index in [0.29, 0.717) is 5.69 Å². The Bertz CT molecular complexity index is 805. The molecule has 1 aromatic carbocycles. The lowest BCUT2D eigenvalue weighted by Gasteiger charge is -2.36. The monoisotopic (exact) mass is 383 g/mol. The minimum Gasteiger partial charge on any atom is -0.464 e. The average Bonchev–Trinajstić information content (AvgIpc) is 3.23. The second-order valence-electron chi connectivity index (χ2n) is 7.28. The van der Waals surface area contributed by atoms with E-state index in [9.17, 15) is 9.59 Å². The maximum atomic E-state index is 12.6. The Morgan fingerprint density at radius 2 is 1.86 bits per heavy atom. The zero-order valence-corrected chi connectivity index (χ0v) is 16.9. The highest BCUT2D eigenvalue weighted by molar-refractivity contribution is 5.94. The van der Waals surface area contributed by atoms with E-state index in [4.69, 9.17) is 4.74 Å². The Hall–Kier alpha value is -2.60. The Morgan fingerprint density at radius 1 is 1.18 bits per heavy atom. The molecule has 6 heteroatoms. The smallest absolute Gasteiger partial charge is 0.354 e. The third-order valence-electron chi connectivity index (χ3n) is 5.62. The van der Waals surface area contributed by atoms with Crippen LogP contribution in [0.15, 0.2) is 42.6 Å². The van der Waals surface area contributed by atoms with E-state index in [2.05, 4.69) is 17.1 Å². The van der Waals surface area contributed by atoms with Gasteiger partial charge in [-0.15, -0.1) is 0 Å². The molecule has 0 saturated carbocycles. The second kappa shape index (κ2) is 9.06. The Kier molecular flexibility index (Phi) is 6.52. The third kappa shape index (κ3) is 4.44. The van der Waals surface area contributed by atoms with Gasteiger partial charge < -0.3 is 14.6 Å². The minimum absolute atomic E-state index is 0.0129. The van der Waals surface area contributed by atoms with Crippen LogP contribution in [-0.4, -0.2) is 47.6 Å². The van der Waals surface area contributed by atoms with E-state index in [1.54, 1.807) is 6.07 Å². The number of methoxy groups -OCH3 is 1. The first-order valence-electron chi connectivity index (χ1n) is 9.92. The molecule has 0 radical (unpaired) electrons. The van der Waals surface area contributed by atoms with Crippen molar-refractivity contribution >= 4 is 17.6 Å². The van der Waals surface area contributed by atoms with E-state index in [1.807, 2.05) is 48.0 Å². The van der Waals surface area contributed by atoms with Gasteiger partial charge in [0.1, 0.15) is 5.69 Å². The van der Waals surface area contributed by atoms with Crippen molar-refractivity contribution in [3.63, 3.8) is 0 Å². The maximum Gasteiger partial charge on any atom is 0.354 e. The maximum absolute atomic E-state index is 12.6. The zero-order valence-electron chi connectivity index (χ0n) is 16.9. The lowest BCUT2D eigenvalue weighted by molar-refractivity contribution is -0.121. The summed E-state index contributed by atoms with van der Waals surface area (Å²) in [6.07, 6.45) is 4.70. The van der Waals surface area contributed by atoms with Gasteiger partial charge in [0.15, 0.2) is 0 Å². The van der Waals surface area contributed by atoms with Crippen LogP contribution < -0.4 is 5.32 Å². The van der Waals surface area contributed by atoms with Crippen LogP contribution in [0, 0.1) is 0 Å². The molecule has 1 aliphatic rings. The molecule has 0 aliphatic carbocycles. The highest BCUT2D eigenvalue weighted by atomic mass is 16.5. The summed E-state index contributed by atoms with van der Waals surface area (Å²) in [6.45, 7) is 5.69. The number of ether oxygens (including phenoxy) is 1. The molecule has 1 amide bonds. The molecule has 3 rings (SSSR count). The average molecular weight is 383 g/mol. The predicted molar refractivity (Wildman–Crippen MR) is 110 cm³/mol.